The molecule has 2 unspecified atom stereocenters. The van der Waals surface area contributed by atoms with Gasteiger partial charge in [-0.3, -0.25) is 0 Å². The van der Waals surface area contributed by atoms with Gasteiger partial charge in [-0.1, -0.05) is 25.1 Å². The summed E-state index contributed by atoms with van der Waals surface area (Å²) in [6.07, 6.45) is 1.05. The third-order valence-electron chi connectivity index (χ3n) is 3.39. The fourth-order valence-corrected chi connectivity index (χ4v) is 5.33. The second kappa shape index (κ2) is 8.08. The second-order valence-electron chi connectivity index (χ2n) is 4.66. The van der Waals surface area contributed by atoms with E-state index in [4.69, 9.17) is 4.74 Å². The summed E-state index contributed by atoms with van der Waals surface area (Å²) in [5, 5.41) is 4.37. The van der Waals surface area contributed by atoms with Crippen LogP contribution in [0.5, 0.6) is 5.75 Å². The van der Waals surface area contributed by atoms with Crippen molar-refractivity contribution in [2.24, 2.45) is 0 Å². The normalized spacial score (nSPS) is 21.1. The summed E-state index contributed by atoms with van der Waals surface area (Å²) < 4.78 is 5.47. The van der Waals surface area contributed by atoms with Crippen molar-refractivity contribution >= 4 is 23.5 Å². The Morgan fingerprint density at radius 1 is 1.37 bits per heavy atom. The van der Waals surface area contributed by atoms with Crippen LogP contribution in [0.3, 0.4) is 0 Å². The van der Waals surface area contributed by atoms with E-state index in [2.05, 4.69) is 54.0 Å². The SMILES string of the molecule is CCNC(Cc1ccccc1OC)C1CSCCS1. The molecule has 4 heteroatoms. The highest BCUT2D eigenvalue weighted by Crippen LogP contribution is 2.29. The molecule has 1 aromatic carbocycles. The molecule has 0 aliphatic carbocycles. The maximum Gasteiger partial charge on any atom is 0.122 e. The van der Waals surface area contributed by atoms with Gasteiger partial charge in [0.1, 0.15) is 5.75 Å². The first kappa shape index (κ1) is 15.1. The molecule has 19 heavy (non-hydrogen) atoms. The minimum absolute atomic E-state index is 0.541. The fourth-order valence-electron chi connectivity index (χ4n) is 2.44. The van der Waals surface area contributed by atoms with Crippen LogP contribution in [0.15, 0.2) is 24.3 Å². The van der Waals surface area contributed by atoms with Crippen LogP contribution >= 0.6 is 23.5 Å². The van der Waals surface area contributed by atoms with Gasteiger partial charge in [0, 0.05) is 28.6 Å². The molecule has 1 fully saturated rings. The Balaban J connectivity index is 2.06. The van der Waals surface area contributed by atoms with Crippen LogP contribution in [0.1, 0.15) is 12.5 Å². The molecular weight excluding hydrogens is 274 g/mol. The van der Waals surface area contributed by atoms with Gasteiger partial charge in [-0.05, 0) is 24.6 Å². The summed E-state index contributed by atoms with van der Waals surface area (Å²) in [5.74, 6) is 4.86. The molecule has 0 aromatic heterocycles. The molecule has 1 saturated heterocycles. The van der Waals surface area contributed by atoms with Crippen LogP contribution in [-0.2, 0) is 6.42 Å². The molecule has 0 amide bonds. The highest BCUT2D eigenvalue weighted by molar-refractivity contribution is 8.06. The van der Waals surface area contributed by atoms with E-state index in [1.165, 1.54) is 22.8 Å². The molecule has 1 aliphatic heterocycles. The zero-order chi connectivity index (χ0) is 13.5. The molecule has 1 heterocycles. The summed E-state index contributed by atoms with van der Waals surface area (Å²) in [5.41, 5.74) is 1.31. The lowest BCUT2D eigenvalue weighted by atomic mass is 10.0. The molecule has 106 valence electrons. The van der Waals surface area contributed by atoms with Crippen LogP contribution in [0.2, 0.25) is 0 Å². The maximum absolute atomic E-state index is 5.47. The lowest BCUT2D eigenvalue weighted by molar-refractivity contribution is 0.405. The molecular formula is C15H23NOS2. The van der Waals surface area contributed by atoms with E-state index >= 15 is 0 Å². The van der Waals surface area contributed by atoms with Crippen molar-refractivity contribution in [2.75, 3.05) is 30.9 Å². The highest BCUT2D eigenvalue weighted by atomic mass is 32.2. The number of rotatable bonds is 6. The number of ether oxygens (including phenoxy) is 1. The van der Waals surface area contributed by atoms with Crippen molar-refractivity contribution in [3.8, 4) is 5.75 Å². The second-order valence-corrected chi connectivity index (χ2v) is 7.16. The molecule has 0 radical (unpaired) electrons. The van der Waals surface area contributed by atoms with Crippen LogP contribution in [0.25, 0.3) is 0 Å². The minimum Gasteiger partial charge on any atom is -0.496 e. The van der Waals surface area contributed by atoms with E-state index in [0.29, 0.717) is 11.3 Å². The third-order valence-corrected chi connectivity index (χ3v) is 6.31. The van der Waals surface area contributed by atoms with Crippen molar-refractivity contribution in [1.82, 2.24) is 5.32 Å². The number of thioether (sulfide) groups is 2. The van der Waals surface area contributed by atoms with Crippen molar-refractivity contribution in [1.29, 1.82) is 0 Å². The predicted molar refractivity (Wildman–Crippen MR) is 87.7 cm³/mol. The Kier molecular flexibility index (Phi) is 6.41. The van der Waals surface area contributed by atoms with Gasteiger partial charge < -0.3 is 10.1 Å². The Morgan fingerprint density at radius 2 is 2.21 bits per heavy atom. The Morgan fingerprint density at radius 3 is 2.89 bits per heavy atom. The van der Waals surface area contributed by atoms with E-state index < -0.39 is 0 Å². The summed E-state index contributed by atoms with van der Waals surface area (Å²) in [7, 11) is 1.76. The van der Waals surface area contributed by atoms with E-state index in [9.17, 15) is 0 Å². The zero-order valence-corrected chi connectivity index (χ0v) is 13.4. The van der Waals surface area contributed by atoms with Gasteiger partial charge in [-0.15, -0.1) is 0 Å². The van der Waals surface area contributed by atoms with E-state index in [-0.39, 0.29) is 0 Å². The smallest absolute Gasteiger partial charge is 0.122 e. The number of benzene rings is 1. The largest absolute Gasteiger partial charge is 0.496 e. The lowest BCUT2D eigenvalue weighted by Crippen LogP contribution is -2.42. The van der Waals surface area contributed by atoms with Crippen LogP contribution in [-0.4, -0.2) is 42.2 Å². The van der Waals surface area contributed by atoms with Crippen molar-refractivity contribution in [3.05, 3.63) is 29.8 Å². The van der Waals surface area contributed by atoms with Crippen LogP contribution < -0.4 is 10.1 Å². The van der Waals surface area contributed by atoms with Crippen molar-refractivity contribution in [3.63, 3.8) is 0 Å². The molecule has 0 bridgehead atoms. The first-order valence-electron chi connectivity index (χ1n) is 6.89. The minimum atomic E-state index is 0.541. The van der Waals surface area contributed by atoms with Gasteiger partial charge in [-0.25, -0.2) is 0 Å². The number of methoxy groups -OCH3 is 1. The Labute approximate surface area is 125 Å². The van der Waals surface area contributed by atoms with Gasteiger partial charge in [0.2, 0.25) is 0 Å². The van der Waals surface area contributed by atoms with E-state index in [1.54, 1.807) is 7.11 Å². The molecule has 1 aliphatic rings. The number of hydrogen-bond acceptors (Lipinski definition) is 4. The standard InChI is InChI=1S/C15H23NOS2/c1-3-16-13(15-11-18-8-9-19-15)10-12-6-4-5-7-14(12)17-2/h4-7,13,15-16H,3,8-11H2,1-2H3. The van der Waals surface area contributed by atoms with Gasteiger partial charge in [0.05, 0.1) is 7.11 Å². The van der Waals surface area contributed by atoms with Gasteiger partial charge in [0.25, 0.3) is 0 Å². The molecule has 2 atom stereocenters. The van der Waals surface area contributed by atoms with Gasteiger partial charge in [-0.2, -0.15) is 23.5 Å². The molecule has 1 aromatic rings. The molecule has 0 saturated carbocycles. The summed E-state index contributed by atoms with van der Waals surface area (Å²) in [6, 6.07) is 8.92. The number of likely N-dealkylation sites (N-methyl/N-ethyl adjacent to an activating group) is 1. The summed E-state index contributed by atoms with van der Waals surface area (Å²) in [4.78, 5) is 0. The quantitative estimate of drug-likeness (QED) is 0.871. The Bertz CT molecular complexity index is 380. The monoisotopic (exact) mass is 297 g/mol. The van der Waals surface area contributed by atoms with E-state index in [1.807, 2.05) is 6.07 Å². The first-order chi connectivity index (χ1) is 9.35. The van der Waals surface area contributed by atoms with Gasteiger partial charge in [0.15, 0.2) is 0 Å². The first-order valence-corrected chi connectivity index (χ1v) is 9.10. The molecule has 0 spiro atoms. The average Bonchev–Trinajstić information content (AvgIpc) is 2.48. The zero-order valence-electron chi connectivity index (χ0n) is 11.7. The van der Waals surface area contributed by atoms with Gasteiger partial charge >= 0.3 is 0 Å². The molecule has 1 N–H and O–H groups in total. The average molecular weight is 297 g/mol. The maximum atomic E-state index is 5.47. The predicted octanol–water partition coefficient (Wildman–Crippen LogP) is 3.06. The fraction of sp³-hybridized carbons (Fsp3) is 0.600. The van der Waals surface area contributed by atoms with Crippen molar-refractivity contribution in [2.45, 2.75) is 24.6 Å². The highest BCUT2D eigenvalue weighted by Gasteiger charge is 2.24. The summed E-state index contributed by atoms with van der Waals surface area (Å²) >= 11 is 4.21. The lowest BCUT2D eigenvalue weighted by Gasteiger charge is -2.30. The number of nitrogens with one attached hydrogen (secondary N) is 1. The van der Waals surface area contributed by atoms with Crippen LogP contribution in [0, 0.1) is 0 Å². The number of hydrogen-bond donors (Lipinski definition) is 1. The topological polar surface area (TPSA) is 21.3 Å². The molecule has 2 rings (SSSR count). The number of para-hydroxylation sites is 1. The third kappa shape index (κ3) is 4.33. The Hall–Kier alpha value is -0.320. The van der Waals surface area contributed by atoms with E-state index in [0.717, 1.165) is 18.7 Å². The summed E-state index contributed by atoms with van der Waals surface area (Å²) in [6.45, 7) is 3.22. The van der Waals surface area contributed by atoms with Crippen molar-refractivity contribution < 1.29 is 4.74 Å². The van der Waals surface area contributed by atoms with Crippen LogP contribution in [0.4, 0.5) is 0 Å². The molecule has 2 nitrogen and oxygen atoms in total.